The fourth-order valence-electron chi connectivity index (χ4n) is 1.88. The lowest BCUT2D eigenvalue weighted by Gasteiger charge is -2.32. The van der Waals surface area contributed by atoms with Crippen LogP contribution in [-0.2, 0) is 9.53 Å². The molecule has 0 aromatic heterocycles. The van der Waals surface area contributed by atoms with E-state index < -0.39 is 18.0 Å². The number of rotatable bonds is 5. The highest BCUT2D eigenvalue weighted by Gasteiger charge is 2.26. The third kappa shape index (κ3) is 4.15. The Bertz CT molecular complexity index is 291. The van der Waals surface area contributed by atoms with Gasteiger partial charge in [0.25, 0.3) is 0 Å². The van der Waals surface area contributed by atoms with E-state index in [0.29, 0.717) is 13.2 Å². The zero-order chi connectivity index (χ0) is 13.5. The molecule has 0 unspecified atom stereocenters. The average molecular weight is 260 g/mol. The first-order valence-electron chi connectivity index (χ1n) is 6.01. The van der Waals surface area contributed by atoms with Gasteiger partial charge in [0.15, 0.2) is 0 Å². The number of urea groups is 1. The van der Waals surface area contributed by atoms with Crippen LogP contribution in [0, 0.1) is 0 Å². The Balaban J connectivity index is 2.48. The number of aliphatic carboxylic acids is 1. The van der Waals surface area contributed by atoms with Crippen molar-refractivity contribution in [3.63, 3.8) is 0 Å². The van der Waals surface area contributed by atoms with Crippen LogP contribution in [0.1, 0.15) is 19.3 Å². The van der Waals surface area contributed by atoms with Gasteiger partial charge in [-0.05, 0) is 12.8 Å². The van der Waals surface area contributed by atoms with E-state index in [9.17, 15) is 9.59 Å². The van der Waals surface area contributed by atoms with Crippen molar-refractivity contribution in [1.82, 2.24) is 10.2 Å². The first kappa shape index (κ1) is 14.7. The number of carbonyl (C=O) groups excluding carboxylic acids is 1. The van der Waals surface area contributed by atoms with Crippen LogP contribution in [0.4, 0.5) is 4.79 Å². The summed E-state index contributed by atoms with van der Waals surface area (Å²) in [5, 5.41) is 20.0. The van der Waals surface area contributed by atoms with Crippen molar-refractivity contribution < 1.29 is 24.5 Å². The van der Waals surface area contributed by atoms with Crippen LogP contribution < -0.4 is 5.32 Å². The highest BCUT2D eigenvalue weighted by Crippen LogP contribution is 2.12. The molecular weight excluding hydrogens is 240 g/mol. The van der Waals surface area contributed by atoms with Crippen LogP contribution in [0.15, 0.2) is 0 Å². The Labute approximate surface area is 106 Å². The lowest BCUT2D eigenvalue weighted by molar-refractivity contribution is -0.139. The number of hydrogen-bond acceptors (Lipinski definition) is 4. The number of hydrogen-bond donors (Lipinski definition) is 3. The first-order valence-corrected chi connectivity index (χ1v) is 6.01. The van der Waals surface area contributed by atoms with E-state index in [4.69, 9.17) is 14.9 Å². The molecule has 104 valence electrons. The van der Waals surface area contributed by atoms with Crippen molar-refractivity contribution in [1.29, 1.82) is 0 Å². The van der Waals surface area contributed by atoms with Gasteiger partial charge in [-0.1, -0.05) is 0 Å². The molecule has 0 aromatic carbocycles. The molecule has 0 aliphatic carbocycles. The molecule has 0 bridgehead atoms. The average Bonchev–Trinajstić information content (AvgIpc) is 2.38. The second-order valence-corrected chi connectivity index (χ2v) is 4.31. The van der Waals surface area contributed by atoms with E-state index in [0.717, 1.165) is 12.8 Å². The number of amides is 2. The standard InChI is InChI=1S/C11H20N2O5/c1-13(8-3-6-18-7-4-8)11(17)12-9(2-5-14)10(15)16/h8-9,14H,2-7H2,1H3,(H,12,17)(H,15,16)/t9-/m0/s1. The number of nitrogens with one attached hydrogen (secondary N) is 1. The summed E-state index contributed by atoms with van der Waals surface area (Å²) >= 11 is 0. The quantitative estimate of drug-likeness (QED) is 0.627. The Kier molecular flexibility index (Phi) is 5.87. The smallest absolute Gasteiger partial charge is 0.326 e. The van der Waals surface area contributed by atoms with Crippen LogP contribution >= 0.6 is 0 Å². The normalized spacial score (nSPS) is 18.1. The summed E-state index contributed by atoms with van der Waals surface area (Å²) in [7, 11) is 1.64. The molecule has 1 atom stereocenters. The van der Waals surface area contributed by atoms with Gasteiger partial charge in [-0.2, -0.15) is 0 Å². The van der Waals surface area contributed by atoms with Crippen molar-refractivity contribution in [2.75, 3.05) is 26.9 Å². The first-order chi connectivity index (χ1) is 8.56. The summed E-state index contributed by atoms with van der Waals surface area (Å²) in [4.78, 5) is 24.2. The van der Waals surface area contributed by atoms with Crippen LogP contribution in [-0.4, -0.2) is 66.1 Å². The molecule has 0 radical (unpaired) electrons. The molecular formula is C11H20N2O5. The minimum atomic E-state index is -1.14. The predicted octanol–water partition coefficient (Wildman–Crippen LogP) is -0.358. The maximum atomic E-state index is 11.9. The van der Waals surface area contributed by atoms with Gasteiger partial charge in [0.05, 0.1) is 0 Å². The predicted molar refractivity (Wildman–Crippen MR) is 63.3 cm³/mol. The van der Waals surface area contributed by atoms with Gasteiger partial charge in [0.2, 0.25) is 0 Å². The van der Waals surface area contributed by atoms with Gasteiger partial charge in [-0.3, -0.25) is 0 Å². The molecule has 2 amide bonds. The number of ether oxygens (including phenoxy) is 1. The molecule has 0 spiro atoms. The van der Waals surface area contributed by atoms with Gasteiger partial charge in [-0.15, -0.1) is 0 Å². The highest BCUT2D eigenvalue weighted by molar-refractivity contribution is 5.82. The Morgan fingerprint density at radius 1 is 1.44 bits per heavy atom. The minimum absolute atomic E-state index is 0.00267. The maximum absolute atomic E-state index is 11.9. The Hall–Kier alpha value is -1.34. The SMILES string of the molecule is CN(C(=O)N[C@@H](CCO)C(=O)O)C1CCOCC1. The van der Waals surface area contributed by atoms with Crippen LogP contribution in [0.25, 0.3) is 0 Å². The summed E-state index contributed by atoms with van der Waals surface area (Å²) in [5.74, 6) is -1.14. The van der Waals surface area contributed by atoms with E-state index in [1.54, 1.807) is 7.05 Å². The van der Waals surface area contributed by atoms with Gasteiger partial charge < -0.3 is 25.2 Å². The van der Waals surface area contributed by atoms with E-state index >= 15 is 0 Å². The molecule has 7 heteroatoms. The molecule has 1 saturated heterocycles. The topological polar surface area (TPSA) is 99.1 Å². The van der Waals surface area contributed by atoms with Crippen molar-refractivity contribution in [2.45, 2.75) is 31.3 Å². The molecule has 1 aliphatic heterocycles. The van der Waals surface area contributed by atoms with Crippen LogP contribution in [0.3, 0.4) is 0 Å². The molecule has 1 fully saturated rings. The lowest BCUT2D eigenvalue weighted by atomic mass is 10.1. The van der Waals surface area contributed by atoms with E-state index in [1.165, 1.54) is 4.90 Å². The van der Waals surface area contributed by atoms with Crippen molar-refractivity contribution >= 4 is 12.0 Å². The van der Waals surface area contributed by atoms with Gasteiger partial charge in [-0.25, -0.2) is 9.59 Å². The molecule has 0 saturated carbocycles. The fourth-order valence-corrected chi connectivity index (χ4v) is 1.88. The fraction of sp³-hybridized carbons (Fsp3) is 0.818. The van der Waals surface area contributed by atoms with E-state index in [-0.39, 0.29) is 19.1 Å². The molecule has 1 aliphatic rings. The monoisotopic (exact) mass is 260 g/mol. The van der Waals surface area contributed by atoms with Gasteiger partial charge in [0.1, 0.15) is 6.04 Å². The summed E-state index contributed by atoms with van der Waals surface area (Å²) in [6.45, 7) is 0.945. The zero-order valence-corrected chi connectivity index (χ0v) is 10.5. The molecule has 1 rings (SSSR count). The zero-order valence-electron chi connectivity index (χ0n) is 10.5. The van der Waals surface area contributed by atoms with E-state index in [2.05, 4.69) is 5.32 Å². The molecule has 7 nitrogen and oxygen atoms in total. The number of carboxylic acid groups (broad SMARTS) is 1. The van der Waals surface area contributed by atoms with Gasteiger partial charge >= 0.3 is 12.0 Å². The molecule has 3 N–H and O–H groups in total. The summed E-state index contributed by atoms with van der Waals surface area (Å²) in [6, 6.07) is -1.41. The Morgan fingerprint density at radius 2 is 2.06 bits per heavy atom. The second-order valence-electron chi connectivity index (χ2n) is 4.31. The lowest BCUT2D eigenvalue weighted by Crippen LogP contribution is -2.51. The van der Waals surface area contributed by atoms with Gasteiger partial charge in [0, 0.05) is 39.3 Å². The largest absolute Gasteiger partial charge is 0.480 e. The molecule has 0 aromatic rings. The maximum Gasteiger partial charge on any atom is 0.326 e. The Morgan fingerprint density at radius 3 is 2.56 bits per heavy atom. The second kappa shape index (κ2) is 7.17. The van der Waals surface area contributed by atoms with Crippen molar-refractivity contribution in [3.05, 3.63) is 0 Å². The number of nitrogens with zero attached hydrogens (tertiary/aromatic N) is 1. The van der Waals surface area contributed by atoms with E-state index in [1.807, 2.05) is 0 Å². The van der Waals surface area contributed by atoms with Crippen LogP contribution in [0.2, 0.25) is 0 Å². The number of carbonyl (C=O) groups is 2. The third-order valence-electron chi connectivity index (χ3n) is 3.07. The van der Waals surface area contributed by atoms with Crippen molar-refractivity contribution in [3.8, 4) is 0 Å². The summed E-state index contributed by atoms with van der Waals surface area (Å²) < 4.78 is 5.20. The third-order valence-corrected chi connectivity index (χ3v) is 3.07. The number of aliphatic hydroxyl groups is 1. The molecule has 1 heterocycles. The number of carboxylic acids is 1. The minimum Gasteiger partial charge on any atom is -0.480 e. The summed E-state index contributed by atoms with van der Waals surface area (Å²) in [5.41, 5.74) is 0. The highest BCUT2D eigenvalue weighted by atomic mass is 16.5. The molecule has 18 heavy (non-hydrogen) atoms. The summed E-state index contributed by atoms with van der Waals surface area (Å²) in [6.07, 6.45) is 1.51. The number of aliphatic hydroxyl groups excluding tert-OH is 1. The van der Waals surface area contributed by atoms with Crippen LogP contribution in [0.5, 0.6) is 0 Å². The van der Waals surface area contributed by atoms with Crippen molar-refractivity contribution in [2.24, 2.45) is 0 Å².